The standard InChI is InChI=1S/C30H35BrN4O6/c31-21-17-30-24(23(25(21)41-30)27(37)33-20-9-5-2-6-10-20)29(39)35(22(18-36)19-7-3-1-4-8-19)26(30)28(38)32-11-12-34-13-15-40-16-14-34/h1-10,21-26,36H,11-18H2,(H,32,38)(H,33,37)/t21?,22-,23+,24+,25+,26?,30?/m1/s1. The third-order valence-electron chi connectivity index (χ3n) is 8.84. The fourth-order valence-corrected chi connectivity index (χ4v) is 7.98. The Balaban J connectivity index is 1.32. The van der Waals surface area contributed by atoms with E-state index in [4.69, 9.17) is 9.47 Å². The summed E-state index contributed by atoms with van der Waals surface area (Å²) in [7, 11) is 0. The van der Waals surface area contributed by atoms with E-state index < -0.39 is 35.6 Å². The van der Waals surface area contributed by atoms with Crippen LogP contribution in [-0.4, -0.2) is 101 Å². The molecule has 4 fully saturated rings. The van der Waals surface area contributed by atoms with Crippen LogP contribution in [-0.2, 0) is 23.9 Å². The Morgan fingerprint density at radius 2 is 1.73 bits per heavy atom. The third-order valence-corrected chi connectivity index (χ3v) is 9.69. The van der Waals surface area contributed by atoms with Gasteiger partial charge >= 0.3 is 0 Å². The highest BCUT2D eigenvalue weighted by atomic mass is 79.9. The van der Waals surface area contributed by atoms with Crippen LogP contribution in [0.1, 0.15) is 18.0 Å². The zero-order valence-corrected chi connectivity index (χ0v) is 24.2. The molecule has 0 radical (unpaired) electrons. The van der Waals surface area contributed by atoms with Crippen LogP contribution in [0.3, 0.4) is 0 Å². The van der Waals surface area contributed by atoms with E-state index in [2.05, 4.69) is 31.5 Å². The summed E-state index contributed by atoms with van der Waals surface area (Å²) in [5.41, 5.74) is 0.124. The van der Waals surface area contributed by atoms with Gasteiger partial charge in [-0.15, -0.1) is 0 Å². The lowest BCUT2D eigenvalue weighted by Gasteiger charge is -2.37. The summed E-state index contributed by atoms with van der Waals surface area (Å²) in [6.45, 7) is 3.58. The summed E-state index contributed by atoms with van der Waals surface area (Å²) in [5, 5.41) is 16.6. The summed E-state index contributed by atoms with van der Waals surface area (Å²) in [6, 6.07) is 16.5. The molecule has 0 aromatic heterocycles. The molecule has 0 aliphatic carbocycles. The van der Waals surface area contributed by atoms with Crippen molar-refractivity contribution in [2.24, 2.45) is 11.8 Å². The zero-order chi connectivity index (χ0) is 28.6. The summed E-state index contributed by atoms with van der Waals surface area (Å²) in [5.74, 6) is -2.68. The number of amides is 3. The number of alkyl halides is 1. The molecule has 4 aliphatic heterocycles. The average Bonchev–Trinajstić information content (AvgIpc) is 3.59. The number of benzene rings is 2. The molecule has 10 nitrogen and oxygen atoms in total. The second kappa shape index (κ2) is 11.8. The van der Waals surface area contributed by atoms with Crippen molar-refractivity contribution in [3.8, 4) is 0 Å². The molecular weight excluding hydrogens is 592 g/mol. The van der Waals surface area contributed by atoms with Crippen molar-refractivity contribution in [1.29, 1.82) is 0 Å². The van der Waals surface area contributed by atoms with Crippen LogP contribution in [0.5, 0.6) is 0 Å². The molecule has 2 aromatic rings. The maximum atomic E-state index is 14.4. The van der Waals surface area contributed by atoms with E-state index in [1.54, 1.807) is 12.1 Å². The first kappa shape index (κ1) is 28.3. The largest absolute Gasteiger partial charge is 0.394 e. The molecule has 218 valence electrons. The lowest BCUT2D eigenvalue weighted by Crippen LogP contribution is -2.57. The van der Waals surface area contributed by atoms with E-state index in [9.17, 15) is 19.5 Å². The number of rotatable bonds is 9. The van der Waals surface area contributed by atoms with Gasteiger partial charge in [0.1, 0.15) is 11.6 Å². The number of ether oxygens (including phenoxy) is 2. The smallest absolute Gasteiger partial charge is 0.245 e. The van der Waals surface area contributed by atoms with Gasteiger partial charge in [0.15, 0.2) is 0 Å². The summed E-state index contributed by atoms with van der Waals surface area (Å²) in [6.07, 6.45) is -0.170. The summed E-state index contributed by atoms with van der Waals surface area (Å²) >= 11 is 3.71. The van der Waals surface area contributed by atoms with Gasteiger partial charge in [-0.25, -0.2) is 0 Å². The number of carbonyl (C=O) groups excluding carboxylic acids is 3. The zero-order valence-electron chi connectivity index (χ0n) is 22.7. The first-order chi connectivity index (χ1) is 19.9. The van der Waals surface area contributed by atoms with Gasteiger partial charge in [0.25, 0.3) is 0 Å². The van der Waals surface area contributed by atoms with E-state index in [-0.39, 0.29) is 29.2 Å². The van der Waals surface area contributed by atoms with Crippen molar-refractivity contribution < 1.29 is 29.0 Å². The van der Waals surface area contributed by atoms with Gasteiger partial charge in [-0.2, -0.15) is 0 Å². The Kier molecular flexibility index (Phi) is 8.15. The van der Waals surface area contributed by atoms with Gasteiger partial charge in [0.05, 0.1) is 43.8 Å². The number of halogens is 1. The molecule has 4 saturated heterocycles. The minimum Gasteiger partial charge on any atom is -0.394 e. The number of likely N-dealkylation sites (tertiary alicyclic amines) is 1. The van der Waals surface area contributed by atoms with Crippen LogP contribution < -0.4 is 10.6 Å². The monoisotopic (exact) mass is 626 g/mol. The van der Waals surface area contributed by atoms with Crippen molar-refractivity contribution in [1.82, 2.24) is 15.1 Å². The molecule has 4 aliphatic rings. The molecular formula is C30H35BrN4O6. The minimum atomic E-state index is -1.21. The molecule has 3 unspecified atom stereocenters. The topological polar surface area (TPSA) is 120 Å². The number of anilines is 1. The average molecular weight is 628 g/mol. The Hall–Kier alpha value is -2.83. The maximum Gasteiger partial charge on any atom is 0.245 e. The van der Waals surface area contributed by atoms with E-state index in [1.165, 1.54) is 4.90 Å². The van der Waals surface area contributed by atoms with E-state index in [1.807, 2.05) is 48.5 Å². The van der Waals surface area contributed by atoms with Gasteiger partial charge < -0.3 is 30.1 Å². The molecule has 7 atom stereocenters. The third kappa shape index (κ3) is 5.08. The van der Waals surface area contributed by atoms with Crippen LogP contribution in [0.15, 0.2) is 60.7 Å². The van der Waals surface area contributed by atoms with E-state index >= 15 is 0 Å². The molecule has 1 spiro atoms. The van der Waals surface area contributed by atoms with Gasteiger partial charge in [-0.3, -0.25) is 19.3 Å². The molecule has 0 saturated carbocycles. The quantitative estimate of drug-likeness (QED) is 0.361. The molecule has 41 heavy (non-hydrogen) atoms. The summed E-state index contributed by atoms with van der Waals surface area (Å²) < 4.78 is 12.0. The van der Waals surface area contributed by atoms with Crippen LogP contribution in [0.4, 0.5) is 5.69 Å². The molecule has 2 bridgehead atoms. The number of fused-ring (bicyclic) bond motifs is 1. The van der Waals surface area contributed by atoms with Crippen LogP contribution in [0, 0.1) is 11.8 Å². The van der Waals surface area contributed by atoms with Crippen molar-refractivity contribution in [3.63, 3.8) is 0 Å². The second-order valence-electron chi connectivity index (χ2n) is 11.1. The predicted molar refractivity (Wildman–Crippen MR) is 154 cm³/mol. The number of aliphatic hydroxyl groups is 1. The van der Waals surface area contributed by atoms with Crippen molar-refractivity contribution in [2.45, 2.75) is 35.0 Å². The molecule has 6 rings (SSSR count). The normalized spacial score (nSPS) is 31.6. The number of morpholine rings is 1. The lowest BCUT2D eigenvalue weighted by atomic mass is 9.70. The Labute approximate surface area is 247 Å². The van der Waals surface area contributed by atoms with Gasteiger partial charge in [-0.1, -0.05) is 64.5 Å². The van der Waals surface area contributed by atoms with E-state index in [0.717, 1.165) is 13.1 Å². The number of hydrogen-bond acceptors (Lipinski definition) is 7. The van der Waals surface area contributed by atoms with Gasteiger partial charge in [0, 0.05) is 36.7 Å². The van der Waals surface area contributed by atoms with Crippen LogP contribution in [0.2, 0.25) is 0 Å². The SMILES string of the molecule is O=C(NCCN1CCOCC1)C1N([C@H](CO)c2ccccc2)C(=O)[C@@H]2[C@H](C(=O)Nc3ccccc3)[C@H]3OC12CC3Br. The highest BCUT2D eigenvalue weighted by Gasteiger charge is 2.77. The number of nitrogens with one attached hydrogen (secondary N) is 2. The predicted octanol–water partition coefficient (Wildman–Crippen LogP) is 1.56. The Bertz CT molecular complexity index is 1260. The number of carbonyl (C=O) groups is 3. The molecule has 3 N–H and O–H groups in total. The van der Waals surface area contributed by atoms with Crippen LogP contribution in [0.25, 0.3) is 0 Å². The van der Waals surface area contributed by atoms with Gasteiger partial charge in [-0.05, 0) is 24.1 Å². The maximum absolute atomic E-state index is 14.4. The minimum absolute atomic E-state index is 0.217. The number of hydrogen-bond donors (Lipinski definition) is 3. The second-order valence-corrected chi connectivity index (χ2v) is 12.3. The fraction of sp³-hybridized carbons (Fsp3) is 0.500. The first-order valence-corrected chi connectivity index (χ1v) is 15.1. The Morgan fingerprint density at radius 1 is 1.05 bits per heavy atom. The lowest BCUT2D eigenvalue weighted by molar-refractivity contribution is -0.145. The number of aliphatic hydroxyl groups excluding tert-OH is 1. The molecule has 3 amide bonds. The number of para-hydroxylation sites is 1. The first-order valence-electron chi connectivity index (χ1n) is 14.2. The Morgan fingerprint density at radius 3 is 2.41 bits per heavy atom. The van der Waals surface area contributed by atoms with Crippen molar-refractivity contribution in [2.75, 3.05) is 51.3 Å². The fourth-order valence-electron chi connectivity index (χ4n) is 7.04. The van der Waals surface area contributed by atoms with E-state index in [0.29, 0.717) is 44.0 Å². The molecule has 2 aromatic carbocycles. The van der Waals surface area contributed by atoms with Crippen molar-refractivity contribution >= 4 is 39.3 Å². The van der Waals surface area contributed by atoms with Gasteiger partial charge in [0.2, 0.25) is 17.7 Å². The highest BCUT2D eigenvalue weighted by molar-refractivity contribution is 9.09. The summed E-state index contributed by atoms with van der Waals surface area (Å²) in [4.78, 5) is 45.7. The molecule has 4 heterocycles. The highest BCUT2D eigenvalue weighted by Crippen LogP contribution is 2.61. The van der Waals surface area contributed by atoms with Crippen molar-refractivity contribution in [3.05, 3.63) is 66.2 Å². The number of nitrogens with zero attached hydrogens (tertiary/aromatic N) is 2. The van der Waals surface area contributed by atoms with Crippen LogP contribution >= 0.6 is 15.9 Å². The molecule has 11 heteroatoms.